The summed E-state index contributed by atoms with van der Waals surface area (Å²) < 4.78 is 11.3. The summed E-state index contributed by atoms with van der Waals surface area (Å²) in [6.07, 6.45) is 0. The van der Waals surface area contributed by atoms with Gasteiger partial charge in [-0.15, -0.1) is 11.3 Å². The van der Waals surface area contributed by atoms with Gasteiger partial charge in [-0.05, 0) is 18.1 Å². The number of carbonyl (C=O) groups is 1. The number of benzene rings is 1. The molecule has 0 aliphatic carbocycles. The lowest BCUT2D eigenvalue weighted by molar-refractivity contribution is 0.00672. The number of aromatic nitrogens is 1. The van der Waals surface area contributed by atoms with Crippen LogP contribution < -0.4 is 10.1 Å². The third kappa shape index (κ3) is 5.51. The van der Waals surface area contributed by atoms with Crippen LogP contribution in [-0.4, -0.2) is 54.7 Å². The number of nitrogens with zero attached hydrogens (tertiary/aromatic N) is 2. The summed E-state index contributed by atoms with van der Waals surface area (Å²) in [4.78, 5) is 19.4. The van der Waals surface area contributed by atoms with Crippen molar-refractivity contribution in [3.8, 4) is 5.75 Å². The van der Waals surface area contributed by atoms with Crippen LogP contribution in [0.4, 0.5) is 0 Å². The van der Waals surface area contributed by atoms with Gasteiger partial charge in [0.25, 0.3) is 5.91 Å². The number of hydrogen-bond donors (Lipinski definition) is 1. The molecule has 2 aromatic rings. The van der Waals surface area contributed by atoms with Crippen LogP contribution in [0, 0.1) is 5.92 Å². The Morgan fingerprint density at radius 2 is 2.11 bits per heavy atom. The maximum Gasteiger partial charge on any atom is 0.255 e. The monoisotopic (exact) mass is 389 g/mol. The van der Waals surface area contributed by atoms with Crippen LogP contribution in [0.2, 0.25) is 0 Å². The summed E-state index contributed by atoms with van der Waals surface area (Å²) in [5, 5.41) is 5.04. The summed E-state index contributed by atoms with van der Waals surface area (Å²) in [6.45, 7) is 8.68. The van der Waals surface area contributed by atoms with E-state index in [0.29, 0.717) is 36.4 Å². The maximum absolute atomic E-state index is 12.8. The van der Waals surface area contributed by atoms with Gasteiger partial charge in [0.2, 0.25) is 0 Å². The number of thiazole rings is 1. The molecular weight excluding hydrogens is 362 g/mol. The van der Waals surface area contributed by atoms with E-state index in [1.807, 2.05) is 23.6 Å². The van der Waals surface area contributed by atoms with Crippen molar-refractivity contribution in [2.45, 2.75) is 26.5 Å². The molecule has 1 aliphatic heterocycles. The smallest absolute Gasteiger partial charge is 0.255 e. The predicted octanol–water partition coefficient (Wildman–Crippen LogP) is 2.81. The fourth-order valence-electron chi connectivity index (χ4n) is 3.23. The number of rotatable bonds is 8. The second-order valence-electron chi connectivity index (χ2n) is 6.93. The Balaban J connectivity index is 1.61. The molecule has 1 aromatic heterocycles. The summed E-state index contributed by atoms with van der Waals surface area (Å²) in [6, 6.07) is 7.64. The van der Waals surface area contributed by atoms with Gasteiger partial charge in [-0.2, -0.15) is 0 Å². The zero-order valence-electron chi connectivity index (χ0n) is 15.9. The lowest BCUT2D eigenvalue weighted by Gasteiger charge is -2.36. The quantitative estimate of drug-likeness (QED) is 0.752. The number of morpholine rings is 1. The molecule has 1 unspecified atom stereocenters. The topological polar surface area (TPSA) is 63.7 Å². The molecule has 6 nitrogen and oxygen atoms in total. The average Bonchev–Trinajstić information content (AvgIpc) is 3.21. The first-order valence-corrected chi connectivity index (χ1v) is 10.3. The minimum absolute atomic E-state index is 0.109. The van der Waals surface area contributed by atoms with Crippen molar-refractivity contribution in [1.29, 1.82) is 0 Å². The zero-order chi connectivity index (χ0) is 19.1. The third-order valence-corrected chi connectivity index (χ3v) is 5.38. The Bertz CT molecular complexity index is 715. The number of hydrogen-bond acceptors (Lipinski definition) is 6. The van der Waals surface area contributed by atoms with Crippen molar-refractivity contribution in [3.05, 3.63) is 46.4 Å². The molecule has 7 heteroatoms. The highest BCUT2D eigenvalue weighted by molar-refractivity contribution is 7.07. The molecule has 146 valence electrons. The van der Waals surface area contributed by atoms with Gasteiger partial charge >= 0.3 is 0 Å². The van der Waals surface area contributed by atoms with Gasteiger partial charge in [-0.25, -0.2) is 4.98 Å². The van der Waals surface area contributed by atoms with Gasteiger partial charge in [0.1, 0.15) is 12.4 Å². The fraction of sp³-hybridized carbons (Fsp3) is 0.500. The van der Waals surface area contributed by atoms with E-state index >= 15 is 0 Å². The molecule has 1 N–H and O–H groups in total. The van der Waals surface area contributed by atoms with E-state index in [9.17, 15) is 4.79 Å². The van der Waals surface area contributed by atoms with Crippen molar-refractivity contribution in [3.63, 3.8) is 0 Å². The van der Waals surface area contributed by atoms with E-state index in [0.717, 1.165) is 32.0 Å². The molecule has 27 heavy (non-hydrogen) atoms. The summed E-state index contributed by atoms with van der Waals surface area (Å²) in [5.41, 5.74) is 3.19. The van der Waals surface area contributed by atoms with Crippen molar-refractivity contribution in [2.24, 2.45) is 5.92 Å². The van der Waals surface area contributed by atoms with Crippen molar-refractivity contribution in [2.75, 3.05) is 32.8 Å². The summed E-state index contributed by atoms with van der Waals surface area (Å²) in [5.74, 6) is 0.915. The van der Waals surface area contributed by atoms with Crippen LogP contribution in [-0.2, 0) is 11.3 Å². The molecule has 1 saturated heterocycles. The van der Waals surface area contributed by atoms with Crippen LogP contribution in [0.25, 0.3) is 0 Å². The van der Waals surface area contributed by atoms with Gasteiger partial charge in [0.05, 0.1) is 30.0 Å². The first-order chi connectivity index (χ1) is 13.1. The number of amides is 1. The number of carbonyl (C=O) groups excluding carboxylic acids is 1. The van der Waals surface area contributed by atoms with Gasteiger partial charge in [-0.1, -0.05) is 26.0 Å². The van der Waals surface area contributed by atoms with E-state index in [-0.39, 0.29) is 5.91 Å². The number of ether oxygens (including phenoxy) is 2. The molecule has 2 heterocycles. The summed E-state index contributed by atoms with van der Waals surface area (Å²) >= 11 is 1.53. The van der Waals surface area contributed by atoms with E-state index in [2.05, 4.69) is 29.0 Å². The Morgan fingerprint density at radius 1 is 1.33 bits per heavy atom. The molecule has 1 fully saturated rings. The molecule has 1 amide bonds. The first-order valence-electron chi connectivity index (χ1n) is 9.34. The maximum atomic E-state index is 12.8. The third-order valence-electron chi connectivity index (χ3n) is 4.75. The van der Waals surface area contributed by atoms with Crippen LogP contribution in [0.1, 0.15) is 29.9 Å². The predicted molar refractivity (Wildman–Crippen MR) is 106 cm³/mol. The van der Waals surface area contributed by atoms with E-state index in [4.69, 9.17) is 9.47 Å². The second kappa shape index (κ2) is 9.82. The highest BCUT2D eigenvalue weighted by atomic mass is 32.1. The standard InChI is InChI=1S/C20H27N3O3S/c1-15(2)18(23-7-9-25-10-8-23)11-21-20(24)17-5-3-4-6-19(17)26-12-16-13-27-14-22-16/h3-6,13-15,18H,7-12H2,1-2H3,(H,21,24). The van der Waals surface area contributed by atoms with Gasteiger partial charge < -0.3 is 14.8 Å². The molecule has 0 spiro atoms. The Labute approximate surface area is 164 Å². The second-order valence-corrected chi connectivity index (χ2v) is 7.65. The Morgan fingerprint density at radius 3 is 2.81 bits per heavy atom. The normalized spacial score (nSPS) is 16.3. The van der Waals surface area contributed by atoms with E-state index < -0.39 is 0 Å². The Hall–Kier alpha value is -1.96. The SMILES string of the molecule is CC(C)C(CNC(=O)c1ccccc1OCc1cscn1)N1CCOCC1. The van der Waals surface area contributed by atoms with Crippen LogP contribution >= 0.6 is 11.3 Å². The van der Waals surface area contributed by atoms with Crippen LogP contribution in [0.15, 0.2) is 35.2 Å². The lowest BCUT2D eigenvalue weighted by atomic mass is 10.0. The summed E-state index contributed by atoms with van der Waals surface area (Å²) in [7, 11) is 0. The molecule has 1 aliphatic rings. The van der Waals surface area contributed by atoms with Crippen molar-refractivity contribution >= 4 is 17.2 Å². The van der Waals surface area contributed by atoms with Crippen molar-refractivity contribution < 1.29 is 14.3 Å². The van der Waals surface area contributed by atoms with Crippen LogP contribution in [0.5, 0.6) is 5.75 Å². The molecule has 3 rings (SSSR count). The first kappa shape index (κ1) is 19.8. The van der Waals surface area contributed by atoms with Gasteiger partial charge in [0, 0.05) is 31.1 Å². The highest BCUT2D eigenvalue weighted by Gasteiger charge is 2.24. The number of para-hydroxylation sites is 1. The molecule has 0 saturated carbocycles. The molecule has 0 radical (unpaired) electrons. The fourth-order valence-corrected chi connectivity index (χ4v) is 3.77. The average molecular weight is 390 g/mol. The minimum atomic E-state index is -0.109. The molecular formula is C20H27N3O3S. The molecule has 1 atom stereocenters. The Kier molecular flexibility index (Phi) is 7.20. The highest BCUT2D eigenvalue weighted by Crippen LogP contribution is 2.20. The molecule has 1 aromatic carbocycles. The van der Waals surface area contributed by atoms with E-state index in [1.165, 1.54) is 11.3 Å². The van der Waals surface area contributed by atoms with E-state index in [1.54, 1.807) is 11.6 Å². The van der Waals surface area contributed by atoms with Gasteiger partial charge in [-0.3, -0.25) is 9.69 Å². The lowest BCUT2D eigenvalue weighted by Crippen LogP contribution is -2.51. The van der Waals surface area contributed by atoms with Crippen LogP contribution in [0.3, 0.4) is 0 Å². The minimum Gasteiger partial charge on any atom is -0.486 e. The largest absolute Gasteiger partial charge is 0.486 e. The molecule has 0 bridgehead atoms. The van der Waals surface area contributed by atoms with Crippen molar-refractivity contribution in [1.82, 2.24) is 15.2 Å². The van der Waals surface area contributed by atoms with Gasteiger partial charge in [0.15, 0.2) is 0 Å². The zero-order valence-corrected chi connectivity index (χ0v) is 16.7. The number of nitrogens with one attached hydrogen (secondary N) is 1.